The number of nitrogens with one attached hydrogen (secondary N) is 1. The molecular formula is C15H28N2O2. The molecule has 0 amide bonds. The fraction of sp³-hybridized carbons (Fsp3) is 0.933. The molecule has 1 heterocycles. The first kappa shape index (κ1) is 14.8. The zero-order valence-electron chi connectivity index (χ0n) is 12.6. The topological polar surface area (TPSA) is 41.6 Å². The van der Waals surface area contributed by atoms with Gasteiger partial charge in [0.2, 0.25) is 0 Å². The van der Waals surface area contributed by atoms with Gasteiger partial charge in [-0.2, -0.15) is 0 Å². The Morgan fingerprint density at radius 3 is 2.74 bits per heavy atom. The smallest absolute Gasteiger partial charge is 0.312 e. The van der Waals surface area contributed by atoms with Crippen LogP contribution in [0.4, 0.5) is 0 Å². The summed E-state index contributed by atoms with van der Waals surface area (Å²) in [5.74, 6) is 0.633. The fourth-order valence-corrected chi connectivity index (χ4v) is 2.98. The van der Waals surface area contributed by atoms with Gasteiger partial charge in [0.1, 0.15) is 0 Å². The van der Waals surface area contributed by atoms with Crippen LogP contribution in [0.25, 0.3) is 0 Å². The van der Waals surface area contributed by atoms with Crippen molar-refractivity contribution in [3.05, 3.63) is 0 Å². The number of nitrogens with zero attached hydrogens (tertiary/aromatic N) is 1. The molecule has 110 valence electrons. The van der Waals surface area contributed by atoms with Gasteiger partial charge in [-0.3, -0.25) is 4.79 Å². The van der Waals surface area contributed by atoms with E-state index in [1.165, 1.54) is 32.8 Å². The minimum atomic E-state index is -0.402. The van der Waals surface area contributed by atoms with Gasteiger partial charge in [0.15, 0.2) is 0 Å². The molecule has 1 saturated heterocycles. The van der Waals surface area contributed by atoms with E-state index < -0.39 is 5.41 Å². The SMILES string of the molecule is COC(=O)C(C)(C)CN1CCCC(CNC2CC2)C1. The van der Waals surface area contributed by atoms with E-state index in [0.717, 1.165) is 38.1 Å². The number of piperidine rings is 1. The first-order valence-corrected chi connectivity index (χ1v) is 7.55. The lowest BCUT2D eigenvalue weighted by Crippen LogP contribution is -2.46. The van der Waals surface area contributed by atoms with Crippen LogP contribution in [0.5, 0.6) is 0 Å². The summed E-state index contributed by atoms with van der Waals surface area (Å²) in [4.78, 5) is 14.2. The maximum atomic E-state index is 11.8. The summed E-state index contributed by atoms with van der Waals surface area (Å²) in [6.07, 6.45) is 5.26. The highest BCUT2D eigenvalue weighted by atomic mass is 16.5. The van der Waals surface area contributed by atoms with E-state index in [9.17, 15) is 4.79 Å². The standard InChI is InChI=1S/C15H28N2O2/c1-15(2,14(18)19-3)11-17-8-4-5-12(10-17)9-16-13-6-7-13/h12-13,16H,4-11H2,1-3H3. The molecule has 0 aromatic heterocycles. The highest BCUT2D eigenvalue weighted by molar-refractivity contribution is 5.76. The number of carbonyl (C=O) groups is 1. The van der Waals surface area contributed by atoms with E-state index in [0.29, 0.717) is 0 Å². The third-order valence-electron chi connectivity index (χ3n) is 4.23. The van der Waals surface area contributed by atoms with Crippen LogP contribution >= 0.6 is 0 Å². The zero-order valence-corrected chi connectivity index (χ0v) is 12.6. The Bertz CT molecular complexity index is 313. The number of methoxy groups -OCH3 is 1. The van der Waals surface area contributed by atoms with Gasteiger partial charge in [-0.15, -0.1) is 0 Å². The molecule has 4 heteroatoms. The molecule has 19 heavy (non-hydrogen) atoms. The Morgan fingerprint density at radius 2 is 2.11 bits per heavy atom. The summed E-state index contributed by atoms with van der Waals surface area (Å²) in [7, 11) is 1.47. The fourth-order valence-electron chi connectivity index (χ4n) is 2.98. The van der Waals surface area contributed by atoms with Crippen LogP contribution in [0.3, 0.4) is 0 Å². The molecule has 2 aliphatic rings. The number of ether oxygens (including phenoxy) is 1. The van der Waals surface area contributed by atoms with Gasteiger partial charge in [0.05, 0.1) is 12.5 Å². The Balaban J connectivity index is 1.77. The predicted molar refractivity (Wildman–Crippen MR) is 76.0 cm³/mol. The van der Waals surface area contributed by atoms with Crippen LogP contribution in [0.2, 0.25) is 0 Å². The Hall–Kier alpha value is -0.610. The molecule has 2 rings (SSSR count). The lowest BCUT2D eigenvalue weighted by atomic mass is 9.90. The number of likely N-dealkylation sites (tertiary alicyclic amines) is 1. The molecule has 0 aromatic rings. The minimum Gasteiger partial charge on any atom is -0.469 e. The second-order valence-corrected chi connectivity index (χ2v) is 6.80. The average Bonchev–Trinajstić information content (AvgIpc) is 3.19. The number of rotatable bonds is 6. The van der Waals surface area contributed by atoms with E-state index >= 15 is 0 Å². The van der Waals surface area contributed by atoms with Crippen molar-refractivity contribution in [3.63, 3.8) is 0 Å². The molecule has 1 N–H and O–H groups in total. The van der Waals surface area contributed by atoms with E-state index in [2.05, 4.69) is 10.2 Å². The maximum Gasteiger partial charge on any atom is 0.312 e. The van der Waals surface area contributed by atoms with Crippen molar-refractivity contribution in [2.24, 2.45) is 11.3 Å². The van der Waals surface area contributed by atoms with Gasteiger partial charge in [-0.25, -0.2) is 0 Å². The van der Waals surface area contributed by atoms with Gasteiger partial charge in [-0.1, -0.05) is 0 Å². The molecule has 0 aromatic carbocycles. The van der Waals surface area contributed by atoms with Crippen molar-refractivity contribution in [1.82, 2.24) is 10.2 Å². The van der Waals surface area contributed by atoms with Crippen molar-refractivity contribution in [2.45, 2.75) is 45.6 Å². The molecule has 0 radical (unpaired) electrons. The van der Waals surface area contributed by atoms with Crippen LogP contribution in [-0.2, 0) is 9.53 Å². The van der Waals surface area contributed by atoms with Crippen LogP contribution in [-0.4, -0.2) is 50.2 Å². The quantitative estimate of drug-likeness (QED) is 0.744. The lowest BCUT2D eigenvalue weighted by Gasteiger charge is -2.37. The van der Waals surface area contributed by atoms with Crippen LogP contribution in [0, 0.1) is 11.3 Å². The second kappa shape index (κ2) is 6.23. The highest BCUT2D eigenvalue weighted by Gasteiger charge is 2.33. The summed E-state index contributed by atoms with van der Waals surface area (Å²) in [6.45, 7) is 8.12. The summed E-state index contributed by atoms with van der Waals surface area (Å²) in [5.41, 5.74) is -0.402. The van der Waals surface area contributed by atoms with Crippen molar-refractivity contribution >= 4 is 5.97 Å². The molecule has 1 saturated carbocycles. The Kier molecular flexibility index (Phi) is 4.85. The summed E-state index contributed by atoms with van der Waals surface area (Å²) < 4.78 is 4.89. The number of carbonyl (C=O) groups excluding carboxylic acids is 1. The van der Waals surface area contributed by atoms with Gasteiger partial charge in [-0.05, 0) is 58.5 Å². The first-order chi connectivity index (χ1) is 9.01. The summed E-state index contributed by atoms with van der Waals surface area (Å²) in [6, 6.07) is 0.793. The van der Waals surface area contributed by atoms with Crippen molar-refractivity contribution in [3.8, 4) is 0 Å². The monoisotopic (exact) mass is 268 g/mol. The molecule has 1 unspecified atom stereocenters. The second-order valence-electron chi connectivity index (χ2n) is 6.80. The van der Waals surface area contributed by atoms with Crippen LogP contribution < -0.4 is 5.32 Å². The molecular weight excluding hydrogens is 240 g/mol. The number of hydrogen-bond acceptors (Lipinski definition) is 4. The van der Waals surface area contributed by atoms with Crippen molar-refractivity contribution < 1.29 is 9.53 Å². The van der Waals surface area contributed by atoms with E-state index in [1.54, 1.807) is 0 Å². The highest BCUT2D eigenvalue weighted by Crippen LogP contribution is 2.24. The molecule has 4 nitrogen and oxygen atoms in total. The van der Waals surface area contributed by atoms with E-state index in [1.807, 2.05) is 13.8 Å². The van der Waals surface area contributed by atoms with E-state index in [4.69, 9.17) is 4.74 Å². The number of esters is 1. The molecule has 1 aliphatic carbocycles. The predicted octanol–water partition coefficient (Wildman–Crippen LogP) is 1.65. The molecule has 2 fully saturated rings. The normalized spacial score (nSPS) is 25.3. The van der Waals surface area contributed by atoms with Crippen LogP contribution in [0.1, 0.15) is 39.5 Å². The molecule has 1 atom stereocenters. The molecule has 0 bridgehead atoms. The molecule has 1 aliphatic heterocycles. The largest absolute Gasteiger partial charge is 0.469 e. The zero-order chi connectivity index (χ0) is 13.9. The average molecular weight is 268 g/mol. The van der Waals surface area contributed by atoms with Gasteiger partial charge < -0.3 is 15.0 Å². The minimum absolute atomic E-state index is 0.106. The summed E-state index contributed by atoms with van der Waals surface area (Å²) in [5, 5.41) is 3.63. The third-order valence-corrected chi connectivity index (χ3v) is 4.23. The Morgan fingerprint density at radius 1 is 1.37 bits per heavy atom. The van der Waals surface area contributed by atoms with Crippen LogP contribution in [0.15, 0.2) is 0 Å². The van der Waals surface area contributed by atoms with Crippen molar-refractivity contribution in [1.29, 1.82) is 0 Å². The Labute approximate surface area is 116 Å². The lowest BCUT2D eigenvalue weighted by molar-refractivity contribution is -0.152. The van der Waals surface area contributed by atoms with Crippen molar-refractivity contribution in [2.75, 3.05) is 33.3 Å². The van der Waals surface area contributed by atoms with Gasteiger partial charge in [0.25, 0.3) is 0 Å². The first-order valence-electron chi connectivity index (χ1n) is 7.55. The van der Waals surface area contributed by atoms with Gasteiger partial charge >= 0.3 is 5.97 Å². The van der Waals surface area contributed by atoms with Gasteiger partial charge in [0, 0.05) is 19.1 Å². The third kappa shape index (κ3) is 4.46. The maximum absolute atomic E-state index is 11.8. The van der Waals surface area contributed by atoms with E-state index in [-0.39, 0.29) is 5.97 Å². The molecule has 0 spiro atoms. The number of hydrogen-bond donors (Lipinski definition) is 1. The summed E-state index contributed by atoms with van der Waals surface area (Å²) >= 11 is 0.